The molecule has 0 radical (unpaired) electrons. The maximum atomic E-state index is 11.5. The molecular weight excluding hydrogens is 236 g/mol. The molecule has 0 heterocycles. The number of nitrogens with one attached hydrogen (secondary N) is 2. The van der Waals surface area contributed by atoms with Crippen LogP contribution in [-0.4, -0.2) is 19.0 Å². The predicted octanol–water partition coefficient (Wildman–Crippen LogP) is 2.63. The van der Waals surface area contributed by atoms with Crippen LogP contribution in [0.3, 0.4) is 0 Å². The largest absolute Gasteiger partial charge is 0.355 e. The van der Waals surface area contributed by atoms with Crippen LogP contribution in [0.5, 0.6) is 0 Å². The van der Waals surface area contributed by atoms with E-state index in [1.54, 1.807) is 0 Å². The zero-order chi connectivity index (χ0) is 13.7. The Morgan fingerprint density at radius 1 is 1.16 bits per heavy atom. The molecule has 0 aliphatic rings. The molecule has 0 saturated heterocycles. The van der Waals surface area contributed by atoms with Gasteiger partial charge >= 0.3 is 0 Å². The Balaban J connectivity index is 2.13. The maximum Gasteiger partial charge on any atom is 0.233 e. The smallest absolute Gasteiger partial charge is 0.233 e. The summed E-state index contributed by atoms with van der Waals surface area (Å²) in [5.74, 6) is 0.0367. The number of fused-ring (bicyclic) bond motifs is 1. The highest BCUT2D eigenvalue weighted by Gasteiger charge is 2.09. The van der Waals surface area contributed by atoms with E-state index < -0.39 is 0 Å². The Hall–Kier alpha value is -1.87. The lowest BCUT2D eigenvalue weighted by atomic mass is 10.00. The first-order valence-electron chi connectivity index (χ1n) is 6.70. The summed E-state index contributed by atoms with van der Waals surface area (Å²) >= 11 is 0. The van der Waals surface area contributed by atoms with Crippen LogP contribution in [0, 0.1) is 0 Å². The van der Waals surface area contributed by atoms with Crippen molar-refractivity contribution in [3.05, 3.63) is 48.0 Å². The van der Waals surface area contributed by atoms with Crippen LogP contribution in [0.1, 0.15) is 25.5 Å². The van der Waals surface area contributed by atoms with Crippen LogP contribution in [0.15, 0.2) is 42.5 Å². The fraction of sp³-hybridized carbons (Fsp3) is 0.312. The Morgan fingerprint density at radius 2 is 1.89 bits per heavy atom. The van der Waals surface area contributed by atoms with Crippen LogP contribution in [0.2, 0.25) is 0 Å². The van der Waals surface area contributed by atoms with E-state index >= 15 is 0 Å². The van der Waals surface area contributed by atoms with Crippen molar-refractivity contribution >= 4 is 16.7 Å². The van der Waals surface area contributed by atoms with Gasteiger partial charge in [-0.2, -0.15) is 0 Å². The molecule has 2 rings (SSSR count). The normalized spacial score (nSPS) is 12.3. The van der Waals surface area contributed by atoms with Gasteiger partial charge in [-0.25, -0.2) is 0 Å². The molecule has 1 amide bonds. The second-order valence-electron chi connectivity index (χ2n) is 4.62. The van der Waals surface area contributed by atoms with Gasteiger partial charge in [0.05, 0.1) is 6.54 Å². The highest BCUT2D eigenvalue weighted by atomic mass is 16.1. The third-order valence-electron chi connectivity index (χ3n) is 3.23. The zero-order valence-corrected chi connectivity index (χ0v) is 11.4. The second-order valence-corrected chi connectivity index (χ2v) is 4.62. The summed E-state index contributed by atoms with van der Waals surface area (Å²) in [6, 6.07) is 14.7. The summed E-state index contributed by atoms with van der Waals surface area (Å²) in [5.41, 5.74) is 1.22. The molecule has 100 valence electrons. The van der Waals surface area contributed by atoms with Gasteiger partial charge in [-0.15, -0.1) is 0 Å². The lowest BCUT2D eigenvalue weighted by Crippen LogP contribution is -2.34. The highest BCUT2D eigenvalue weighted by Crippen LogP contribution is 2.23. The molecule has 0 aliphatic heterocycles. The highest BCUT2D eigenvalue weighted by molar-refractivity contribution is 5.86. The summed E-state index contributed by atoms with van der Waals surface area (Å²) in [4.78, 5) is 11.5. The van der Waals surface area contributed by atoms with Crippen LogP contribution in [-0.2, 0) is 4.79 Å². The van der Waals surface area contributed by atoms with E-state index in [0.717, 1.165) is 0 Å². The summed E-state index contributed by atoms with van der Waals surface area (Å²) in [7, 11) is 0. The van der Waals surface area contributed by atoms with Gasteiger partial charge in [0.15, 0.2) is 0 Å². The molecule has 0 fully saturated rings. The second kappa shape index (κ2) is 6.34. The van der Waals surface area contributed by atoms with Crippen molar-refractivity contribution in [1.29, 1.82) is 0 Å². The molecule has 1 unspecified atom stereocenters. The standard InChI is InChI=1S/C16H20N2O/c1-3-17-16(19)11-18-12(2)14-10-6-8-13-7-4-5-9-15(13)14/h4-10,12,18H,3,11H2,1-2H3,(H,17,19). The van der Waals surface area contributed by atoms with Gasteiger partial charge in [0.25, 0.3) is 0 Å². The fourth-order valence-corrected chi connectivity index (χ4v) is 2.24. The van der Waals surface area contributed by atoms with Crippen LogP contribution in [0.4, 0.5) is 0 Å². The molecule has 0 aromatic heterocycles. The molecule has 19 heavy (non-hydrogen) atoms. The molecule has 0 bridgehead atoms. The van der Waals surface area contributed by atoms with E-state index in [0.29, 0.717) is 13.1 Å². The Morgan fingerprint density at radius 3 is 2.68 bits per heavy atom. The van der Waals surface area contributed by atoms with Crippen molar-refractivity contribution in [3.8, 4) is 0 Å². The van der Waals surface area contributed by atoms with Crippen molar-refractivity contribution < 1.29 is 4.79 Å². The average Bonchev–Trinajstić information content (AvgIpc) is 2.44. The van der Waals surface area contributed by atoms with E-state index in [9.17, 15) is 4.79 Å². The van der Waals surface area contributed by atoms with Crippen molar-refractivity contribution in [2.24, 2.45) is 0 Å². The van der Waals surface area contributed by atoms with E-state index in [4.69, 9.17) is 0 Å². The number of carbonyl (C=O) groups excluding carboxylic acids is 1. The minimum atomic E-state index is 0.0367. The topological polar surface area (TPSA) is 41.1 Å². The van der Waals surface area contributed by atoms with Crippen molar-refractivity contribution in [2.45, 2.75) is 19.9 Å². The lowest BCUT2D eigenvalue weighted by molar-refractivity contribution is -0.120. The van der Waals surface area contributed by atoms with Gasteiger partial charge in [-0.3, -0.25) is 4.79 Å². The SMILES string of the molecule is CCNC(=O)CNC(C)c1cccc2ccccc12. The number of likely N-dealkylation sites (N-methyl/N-ethyl adjacent to an activating group) is 1. The number of amides is 1. The Labute approximate surface area is 114 Å². The first-order valence-corrected chi connectivity index (χ1v) is 6.70. The van der Waals surface area contributed by atoms with E-state index in [1.165, 1.54) is 16.3 Å². The number of rotatable bonds is 5. The minimum Gasteiger partial charge on any atom is -0.355 e. The Kier molecular flexibility index (Phi) is 4.53. The zero-order valence-electron chi connectivity index (χ0n) is 11.4. The fourth-order valence-electron chi connectivity index (χ4n) is 2.24. The van der Waals surface area contributed by atoms with E-state index in [2.05, 4.69) is 47.9 Å². The quantitative estimate of drug-likeness (QED) is 0.863. The molecule has 3 heteroatoms. The molecule has 2 aromatic rings. The van der Waals surface area contributed by atoms with Gasteiger partial charge in [0.2, 0.25) is 5.91 Å². The van der Waals surface area contributed by atoms with Gasteiger partial charge in [0, 0.05) is 12.6 Å². The van der Waals surface area contributed by atoms with Gasteiger partial charge < -0.3 is 10.6 Å². The average molecular weight is 256 g/mol. The first kappa shape index (κ1) is 13.6. The van der Waals surface area contributed by atoms with Crippen molar-refractivity contribution in [3.63, 3.8) is 0 Å². The lowest BCUT2D eigenvalue weighted by Gasteiger charge is -2.16. The number of benzene rings is 2. The molecular formula is C16H20N2O. The van der Waals surface area contributed by atoms with E-state index in [1.807, 2.05) is 19.1 Å². The van der Waals surface area contributed by atoms with Crippen LogP contribution in [0.25, 0.3) is 10.8 Å². The predicted molar refractivity (Wildman–Crippen MR) is 79.0 cm³/mol. The maximum absolute atomic E-state index is 11.5. The minimum absolute atomic E-state index is 0.0367. The van der Waals surface area contributed by atoms with Crippen molar-refractivity contribution in [2.75, 3.05) is 13.1 Å². The molecule has 0 aliphatic carbocycles. The summed E-state index contributed by atoms with van der Waals surface area (Å²) < 4.78 is 0. The van der Waals surface area contributed by atoms with Crippen LogP contribution < -0.4 is 10.6 Å². The number of carbonyl (C=O) groups is 1. The molecule has 3 nitrogen and oxygen atoms in total. The van der Waals surface area contributed by atoms with Gasteiger partial charge in [-0.1, -0.05) is 42.5 Å². The first-order chi connectivity index (χ1) is 9.22. The molecule has 0 saturated carbocycles. The molecule has 0 spiro atoms. The van der Waals surface area contributed by atoms with Crippen molar-refractivity contribution in [1.82, 2.24) is 10.6 Å². The third kappa shape index (κ3) is 3.32. The summed E-state index contributed by atoms with van der Waals surface area (Å²) in [6.45, 7) is 5.02. The molecule has 1 atom stereocenters. The van der Waals surface area contributed by atoms with E-state index in [-0.39, 0.29) is 11.9 Å². The monoisotopic (exact) mass is 256 g/mol. The Bertz CT molecular complexity index is 560. The summed E-state index contributed by atoms with van der Waals surface area (Å²) in [6.07, 6.45) is 0. The van der Waals surface area contributed by atoms with Gasteiger partial charge in [-0.05, 0) is 30.2 Å². The number of hydrogen-bond donors (Lipinski definition) is 2. The van der Waals surface area contributed by atoms with Gasteiger partial charge in [0.1, 0.15) is 0 Å². The molecule has 2 aromatic carbocycles. The third-order valence-corrected chi connectivity index (χ3v) is 3.23. The van der Waals surface area contributed by atoms with Crippen LogP contribution >= 0.6 is 0 Å². The summed E-state index contributed by atoms with van der Waals surface area (Å²) in [5, 5.41) is 8.52. The molecule has 2 N–H and O–H groups in total. The number of hydrogen-bond acceptors (Lipinski definition) is 2.